The summed E-state index contributed by atoms with van der Waals surface area (Å²) in [7, 11) is 2.05. The average Bonchev–Trinajstić information content (AvgIpc) is 2.90. The van der Waals surface area contributed by atoms with Crippen molar-refractivity contribution >= 4 is 22.2 Å². The molecule has 0 unspecified atom stereocenters. The highest BCUT2D eigenvalue weighted by molar-refractivity contribution is 7.17. The van der Waals surface area contributed by atoms with Gasteiger partial charge in [0.15, 0.2) is 4.96 Å². The van der Waals surface area contributed by atoms with E-state index in [-0.39, 0.29) is 11.9 Å². The van der Waals surface area contributed by atoms with E-state index in [1.165, 1.54) is 23.4 Å². The number of rotatable bonds is 3. The molecule has 1 amide bonds. The number of aryl methyl sites for hydroxylation is 2. The number of carbonyl (C=O) groups is 1. The van der Waals surface area contributed by atoms with Crippen LogP contribution in [-0.2, 0) is 11.3 Å². The first-order valence-corrected chi connectivity index (χ1v) is 8.80. The van der Waals surface area contributed by atoms with Crippen LogP contribution in [0.1, 0.15) is 41.9 Å². The Balaban J connectivity index is 1.64. The zero-order chi connectivity index (χ0) is 15.7. The quantitative estimate of drug-likeness (QED) is 0.945. The number of nitrogens with one attached hydrogen (secondary N) is 1. The summed E-state index contributed by atoms with van der Waals surface area (Å²) in [6.07, 6.45) is 6.55. The van der Waals surface area contributed by atoms with Crippen LogP contribution < -0.4 is 5.32 Å². The number of aromatic nitrogens is 2. The molecular weight excluding hydrogens is 296 g/mol. The number of nitrogens with zero attached hydrogens (tertiary/aromatic N) is 3. The SMILES string of the molecule is Cc1sc2nc(CNC(=O)[C@@H]3CCCCCN3C)cn2c1C. The first kappa shape index (κ1) is 15.5. The average molecular weight is 320 g/mol. The number of carbonyl (C=O) groups excluding carboxylic acids is 1. The topological polar surface area (TPSA) is 49.6 Å². The third kappa shape index (κ3) is 3.03. The lowest BCUT2D eigenvalue weighted by molar-refractivity contribution is -0.126. The van der Waals surface area contributed by atoms with Crippen molar-refractivity contribution in [2.24, 2.45) is 0 Å². The maximum Gasteiger partial charge on any atom is 0.237 e. The molecule has 1 aliphatic rings. The molecule has 0 radical (unpaired) electrons. The Hall–Kier alpha value is -1.40. The lowest BCUT2D eigenvalue weighted by Gasteiger charge is -2.24. The predicted octanol–water partition coefficient (Wildman–Crippen LogP) is 2.50. The van der Waals surface area contributed by atoms with Gasteiger partial charge in [0, 0.05) is 16.8 Å². The lowest BCUT2D eigenvalue weighted by Crippen LogP contribution is -2.44. The molecule has 3 heterocycles. The fraction of sp³-hybridized carbons (Fsp3) is 0.625. The van der Waals surface area contributed by atoms with Gasteiger partial charge >= 0.3 is 0 Å². The van der Waals surface area contributed by atoms with Crippen LogP contribution in [0, 0.1) is 13.8 Å². The molecule has 1 saturated heterocycles. The molecular formula is C16H24N4OS. The molecule has 0 saturated carbocycles. The van der Waals surface area contributed by atoms with Crippen LogP contribution >= 0.6 is 11.3 Å². The van der Waals surface area contributed by atoms with Gasteiger partial charge in [0.05, 0.1) is 18.3 Å². The smallest absolute Gasteiger partial charge is 0.237 e. The molecule has 120 valence electrons. The van der Waals surface area contributed by atoms with Gasteiger partial charge < -0.3 is 5.32 Å². The van der Waals surface area contributed by atoms with Gasteiger partial charge in [-0.2, -0.15) is 0 Å². The standard InChI is InChI=1S/C16H24N4OS/c1-11-12(2)22-16-18-13(10-20(11)16)9-17-15(21)14-7-5-4-6-8-19(14)3/h10,14H,4-9H2,1-3H3,(H,17,21)/t14-/m0/s1. The second-order valence-electron chi connectivity index (χ2n) is 6.19. The summed E-state index contributed by atoms with van der Waals surface area (Å²) in [5, 5.41) is 3.06. The Bertz CT molecular complexity index is 675. The van der Waals surface area contributed by atoms with Crippen molar-refractivity contribution in [3.8, 4) is 0 Å². The Morgan fingerprint density at radius 2 is 2.23 bits per heavy atom. The number of imidazole rings is 1. The van der Waals surface area contributed by atoms with Crippen LogP contribution in [0.5, 0.6) is 0 Å². The van der Waals surface area contributed by atoms with Gasteiger partial charge in [-0.15, -0.1) is 11.3 Å². The normalized spacial score (nSPS) is 20.2. The molecule has 1 N–H and O–H groups in total. The molecule has 5 nitrogen and oxygen atoms in total. The van der Waals surface area contributed by atoms with Crippen molar-refractivity contribution in [1.82, 2.24) is 19.6 Å². The summed E-state index contributed by atoms with van der Waals surface area (Å²) in [5.41, 5.74) is 2.16. The van der Waals surface area contributed by atoms with Gasteiger partial charge in [-0.1, -0.05) is 12.8 Å². The molecule has 1 atom stereocenters. The first-order chi connectivity index (χ1) is 10.6. The van der Waals surface area contributed by atoms with E-state index in [0.29, 0.717) is 6.54 Å². The fourth-order valence-corrected chi connectivity index (χ4v) is 4.04. The molecule has 1 fully saturated rings. The second kappa shape index (κ2) is 6.38. The number of thiazole rings is 1. The van der Waals surface area contributed by atoms with Crippen LogP contribution in [0.2, 0.25) is 0 Å². The maximum atomic E-state index is 12.4. The van der Waals surface area contributed by atoms with Crippen molar-refractivity contribution in [1.29, 1.82) is 0 Å². The Kier molecular flexibility index (Phi) is 4.49. The molecule has 0 aromatic carbocycles. The van der Waals surface area contributed by atoms with Gasteiger partial charge in [0.25, 0.3) is 0 Å². The Morgan fingerprint density at radius 1 is 1.41 bits per heavy atom. The number of amides is 1. The summed E-state index contributed by atoms with van der Waals surface area (Å²) >= 11 is 1.70. The van der Waals surface area contributed by atoms with Crippen molar-refractivity contribution in [2.75, 3.05) is 13.6 Å². The minimum atomic E-state index is 0.00946. The van der Waals surface area contributed by atoms with Crippen molar-refractivity contribution in [2.45, 2.75) is 52.1 Å². The number of likely N-dealkylation sites (tertiary alicyclic amines) is 1. The zero-order valence-electron chi connectivity index (χ0n) is 13.6. The maximum absolute atomic E-state index is 12.4. The molecule has 6 heteroatoms. The molecule has 0 spiro atoms. The molecule has 22 heavy (non-hydrogen) atoms. The predicted molar refractivity (Wildman–Crippen MR) is 89.3 cm³/mol. The van der Waals surface area contributed by atoms with Gasteiger partial charge in [0.1, 0.15) is 0 Å². The van der Waals surface area contributed by atoms with Crippen LogP contribution in [0.4, 0.5) is 0 Å². The van der Waals surface area contributed by atoms with E-state index in [1.807, 2.05) is 13.2 Å². The summed E-state index contributed by atoms with van der Waals surface area (Å²) < 4.78 is 2.11. The van der Waals surface area contributed by atoms with E-state index < -0.39 is 0 Å². The number of hydrogen-bond acceptors (Lipinski definition) is 4. The third-order valence-corrected chi connectivity index (χ3v) is 5.68. The second-order valence-corrected chi connectivity index (χ2v) is 7.37. The minimum Gasteiger partial charge on any atom is -0.349 e. The van der Waals surface area contributed by atoms with E-state index in [1.54, 1.807) is 11.3 Å². The third-order valence-electron chi connectivity index (χ3n) is 4.61. The minimum absolute atomic E-state index is 0.00946. The van der Waals surface area contributed by atoms with Gasteiger partial charge in [-0.3, -0.25) is 14.1 Å². The molecule has 2 aromatic heterocycles. The highest BCUT2D eigenvalue weighted by Crippen LogP contribution is 2.21. The monoisotopic (exact) mass is 320 g/mol. The van der Waals surface area contributed by atoms with Crippen molar-refractivity contribution in [3.63, 3.8) is 0 Å². The molecule has 1 aliphatic heterocycles. The molecule has 0 bridgehead atoms. The van der Waals surface area contributed by atoms with Crippen LogP contribution in [-0.4, -0.2) is 39.8 Å². The van der Waals surface area contributed by atoms with Gasteiger partial charge in [-0.25, -0.2) is 4.98 Å². The Labute approximate surface area is 135 Å². The highest BCUT2D eigenvalue weighted by Gasteiger charge is 2.24. The summed E-state index contributed by atoms with van der Waals surface area (Å²) in [4.78, 5) is 21.5. The molecule has 3 rings (SSSR count). The lowest BCUT2D eigenvalue weighted by atomic mass is 10.1. The number of fused-ring (bicyclic) bond motifs is 1. The highest BCUT2D eigenvalue weighted by atomic mass is 32.1. The first-order valence-electron chi connectivity index (χ1n) is 7.98. The number of hydrogen-bond donors (Lipinski definition) is 1. The van der Waals surface area contributed by atoms with E-state index in [4.69, 9.17) is 0 Å². The van der Waals surface area contributed by atoms with Crippen LogP contribution in [0.25, 0.3) is 4.96 Å². The van der Waals surface area contributed by atoms with Crippen LogP contribution in [0.3, 0.4) is 0 Å². The van der Waals surface area contributed by atoms with Crippen LogP contribution in [0.15, 0.2) is 6.20 Å². The molecule has 2 aromatic rings. The Morgan fingerprint density at radius 3 is 3.00 bits per heavy atom. The summed E-state index contributed by atoms with van der Waals surface area (Å²) in [6, 6.07) is 0.00946. The van der Waals surface area contributed by atoms with E-state index in [9.17, 15) is 4.79 Å². The van der Waals surface area contributed by atoms with E-state index in [2.05, 4.69) is 33.4 Å². The van der Waals surface area contributed by atoms with Gasteiger partial charge in [-0.05, 0) is 40.3 Å². The number of likely N-dealkylation sites (N-methyl/N-ethyl adjacent to an activating group) is 1. The summed E-state index contributed by atoms with van der Waals surface area (Å²) in [6.45, 7) is 5.73. The largest absolute Gasteiger partial charge is 0.349 e. The summed E-state index contributed by atoms with van der Waals surface area (Å²) in [5.74, 6) is 0.133. The van der Waals surface area contributed by atoms with E-state index >= 15 is 0 Å². The van der Waals surface area contributed by atoms with E-state index in [0.717, 1.165) is 30.0 Å². The zero-order valence-corrected chi connectivity index (χ0v) is 14.4. The molecule has 0 aliphatic carbocycles. The van der Waals surface area contributed by atoms with Crippen molar-refractivity contribution < 1.29 is 4.79 Å². The van der Waals surface area contributed by atoms with Gasteiger partial charge in [0.2, 0.25) is 5.91 Å². The van der Waals surface area contributed by atoms with Crippen molar-refractivity contribution in [3.05, 3.63) is 22.5 Å². The fourth-order valence-electron chi connectivity index (χ4n) is 3.07.